The predicted molar refractivity (Wildman–Crippen MR) is 109 cm³/mol. The number of hydrogen-bond acceptors (Lipinski definition) is 7. The van der Waals surface area contributed by atoms with Gasteiger partial charge in [0.25, 0.3) is 0 Å². The van der Waals surface area contributed by atoms with Gasteiger partial charge < -0.3 is 15.0 Å². The van der Waals surface area contributed by atoms with Crippen molar-refractivity contribution in [3.63, 3.8) is 0 Å². The van der Waals surface area contributed by atoms with E-state index in [9.17, 15) is 13.2 Å². The fraction of sp³-hybridized carbons (Fsp3) is 0.333. The minimum Gasteiger partial charge on any atom is -0.378 e. The van der Waals surface area contributed by atoms with Crippen LogP contribution in [0.2, 0.25) is 0 Å². The lowest BCUT2D eigenvalue weighted by Gasteiger charge is -2.26. The number of ether oxygens (including phenoxy) is 1. The molecule has 0 bridgehead atoms. The molecule has 2 aromatic rings. The maximum Gasteiger partial charge on any atom is 0.247 e. The van der Waals surface area contributed by atoms with Crippen molar-refractivity contribution in [2.75, 3.05) is 43.6 Å². The van der Waals surface area contributed by atoms with Gasteiger partial charge in [-0.05, 0) is 30.3 Å². The Hall–Kier alpha value is -2.27. The highest BCUT2D eigenvalue weighted by Crippen LogP contribution is 2.24. The van der Waals surface area contributed by atoms with E-state index in [1.165, 1.54) is 34.8 Å². The number of hydrogen-bond donors (Lipinski definition) is 1. The summed E-state index contributed by atoms with van der Waals surface area (Å²) in [4.78, 5) is 18.2. The van der Waals surface area contributed by atoms with E-state index in [1.54, 1.807) is 12.1 Å². The molecular formula is C18H22N4O4S2. The topological polar surface area (TPSA) is 91.8 Å². The van der Waals surface area contributed by atoms with E-state index in [-0.39, 0.29) is 17.3 Å². The van der Waals surface area contributed by atoms with Crippen molar-refractivity contribution in [2.45, 2.75) is 11.4 Å². The molecule has 1 amide bonds. The Morgan fingerprint density at radius 2 is 2.04 bits per heavy atom. The molecule has 28 heavy (non-hydrogen) atoms. The molecule has 2 heterocycles. The van der Waals surface area contributed by atoms with Crippen LogP contribution in [0.15, 0.2) is 47.2 Å². The number of carbonyl (C=O) groups excluding carboxylic acids is 1. The highest BCUT2D eigenvalue weighted by molar-refractivity contribution is 7.89. The van der Waals surface area contributed by atoms with Crippen LogP contribution in [0.4, 0.5) is 10.8 Å². The fourth-order valence-electron chi connectivity index (χ4n) is 2.67. The van der Waals surface area contributed by atoms with E-state index in [4.69, 9.17) is 4.74 Å². The predicted octanol–water partition coefficient (Wildman–Crippen LogP) is 1.92. The summed E-state index contributed by atoms with van der Waals surface area (Å²) in [5.74, 6) is -0.354. The van der Waals surface area contributed by atoms with Gasteiger partial charge in [-0.2, -0.15) is 4.31 Å². The lowest BCUT2D eigenvalue weighted by atomic mass is 10.3. The van der Waals surface area contributed by atoms with E-state index in [0.29, 0.717) is 24.6 Å². The second-order valence-corrected chi connectivity index (χ2v) is 9.08. The molecule has 1 aromatic heterocycles. The van der Waals surface area contributed by atoms with Gasteiger partial charge in [-0.1, -0.05) is 6.58 Å². The number of benzene rings is 1. The number of anilines is 2. The SMILES string of the molecule is C=CC(=O)Nc1ccc(S(=O)(=O)N(C)Cc2csc(N3CCOCC3)n2)cc1. The van der Waals surface area contributed by atoms with Crippen molar-refractivity contribution < 1.29 is 17.9 Å². The van der Waals surface area contributed by atoms with Crippen molar-refractivity contribution in [1.29, 1.82) is 0 Å². The number of sulfonamides is 1. The van der Waals surface area contributed by atoms with Gasteiger partial charge in [-0.25, -0.2) is 13.4 Å². The van der Waals surface area contributed by atoms with Crippen molar-refractivity contribution in [1.82, 2.24) is 9.29 Å². The highest BCUT2D eigenvalue weighted by Gasteiger charge is 2.22. The van der Waals surface area contributed by atoms with Crippen molar-refractivity contribution in [3.8, 4) is 0 Å². The molecule has 150 valence electrons. The quantitative estimate of drug-likeness (QED) is 0.686. The minimum absolute atomic E-state index is 0.148. The molecule has 1 aromatic carbocycles. The summed E-state index contributed by atoms with van der Waals surface area (Å²) in [6.45, 7) is 6.48. The normalized spacial score (nSPS) is 14.9. The molecule has 0 spiro atoms. The number of thiazole rings is 1. The standard InChI is InChI=1S/C18H22N4O4S2/c1-3-17(23)19-14-4-6-16(7-5-14)28(24,25)21(2)12-15-13-27-18(20-15)22-8-10-26-11-9-22/h3-7,13H,1,8-12H2,2H3,(H,19,23). The van der Waals surface area contributed by atoms with Crippen molar-refractivity contribution >= 4 is 38.1 Å². The van der Waals surface area contributed by atoms with E-state index in [1.807, 2.05) is 5.38 Å². The molecule has 3 rings (SSSR count). The molecule has 0 atom stereocenters. The zero-order valence-electron chi connectivity index (χ0n) is 15.5. The molecule has 1 fully saturated rings. The Kier molecular flexibility index (Phi) is 6.45. The zero-order valence-corrected chi connectivity index (χ0v) is 17.1. The number of carbonyl (C=O) groups is 1. The first-order chi connectivity index (χ1) is 13.4. The van der Waals surface area contributed by atoms with Gasteiger partial charge in [0.1, 0.15) is 0 Å². The molecule has 1 aliphatic rings. The summed E-state index contributed by atoms with van der Waals surface area (Å²) < 4.78 is 32.2. The summed E-state index contributed by atoms with van der Waals surface area (Å²) in [6.07, 6.45) is 1.15. The largest absolute Gasteiger partial charge is 0.378 e. The molecule has 1 saturated heterocycles. The van der Waals surface area contributed by atoms with Gasteiger partial charge in [-0.15, -0.1) is 11.3 Å². The van der Waals surface area contributed by atoms with Crippen LogP contribution in [-0.2, 0) is 26.1 Å². The van der Waals surface area contributed by atoms with Gasteiger partial charge in [0.2, 0.25) is 15.9 Å². The number of aromatic nitrogens is 1. The van der Waals surface area contributed by atoms with Crippen LogP contribution in [-0.4, -0.2) is 57.0 Å². The van der Waals surface area contributed by atoms with Gasteiger partial charge in [-0.3, -0.25) is 4.79 Å². The van der Waals surface area contributed by atoms with Crippen molar-refractivity contribution in [2.24, 2.45) is 0 Å². The number of morpholine rings is 1. The molecule has 0 radical (unpaired) electrons. The molecule has 8 nitrogen and oxygen atoms in total. The molecular weight excluding hydrogens is 400 g/mol. The summed E-state index contributed by atoms with van der Waals surface area (Å²) in [7, 11) is -2.15. The average molecular weight is 423 g/mol. The number of nitrogens with one attached hydrogen (secondary N) is 1. The van der Waals surface area contributed by atoms with Crippen LogP contribution in [0.25, 0.3) is 0 Å². The smallest absolute Gasteiger partial charge is 0.247 e. The van der Waals surface area contributed by atoms with Gasteiger partial charge >= 0.3 is 0 Å². The Morgan fingerprint density at radius 3 is 2.68 bits per heavy atom. The van der Waals surface area contributed by atoms with E-state index < -0.39 is 10.0 Å². The van der Waals surface area contributed by atoms with Crippen LogP contribution in [0.1, 0.15) is 5.69 Å². The number of amides is 1. The summed E-state index contributed by atoms with van der Waals surface area (Å²) in [5, 5.41) is 5.35. The van der Waals surface area contributed by atoms with Crippen LogP contribution >= 0.6 is 11.3 Å². The molecule has 1 N–H and O–H groups in total. The molecule has 0 saturated carbocycles. The number of nitrogens with zero attached hydrogens (tertiary/aromatic N) is 3. The maximum absolute atomic E-state index is 12.8. The molecule has 10 heteroatoms. The third-order valence-electron chi connectivity index (χ3n) is 4.22. The van der Waals surface area contributed by atoms with Gasteiger partial charge in [0.15, 0.2) is 5.13 Å². The van der Waals surface area contributed by atoms with Crippen LogP contribution in [0.3, 0.4) is 0 Å². The molecule has 1 aliphatic heterocycles. The monoisotopic (exact) mass is 422 g/mol. The van der Waals surface area contributed by atoms with E-state index in [0.717, 1.165) is 24.3 Å². The third kappa shape index (κ3) is 4.76. The Bertz CT molecular complexity index is 935. The summed E-state index contributed by atoms with van der Waals surface area (Å²) in [5.41, 5.74) is 1.20. The van der Waals surface area contributed by atoms with E-state index >= 15 is 0 Å². The third-order valence-corrected chi connectivity index (χ3v) is 6.99. The molecule has 0 unspecified atom stereocenters. The zero-order chi connectivity index (χ0) is 20.1. The van der Waals surface area contributed by atoms with Gasteiger partial charge in [0.05, 0.1) is 30.3 Å². The Labute approximate surface area is 168 Å². The second-order valence-electron chi connectivity index (χ2n) is 6.20. The fourth-order valence-corrected chi connectivity index (χ4v) is 4.68. The maximum atomic E-state index is 12.8. The lowest BCUT2D eigenvalue weighted by Crippen LogP contribution is -2.36. The first-order valence-electron chi connectivity index (χ1n) is 8.67. The first-order valence-corrected chi connectivity index (χ1v) is 11.0. The lowest BCUT2D eigenvalue weighted by molar-refractivity contribution is -0.111. The van der Waals surface area contributed by atoms with Crippen molar-refractivity contribution in [3.05, 3.63) is 48.0 Å². The molecule has 0 aliphatic carbocycles. The number of rotatable bonds is 7. The van der Waals surface area contributed by atoms with Gasteiger partial charge in [0, 0.05) is 31.2 Å². The average Bonchev–Trinajstić information content (AvgIpc) is 3.17. The van der Waals surface area contributed by atoms with Crippen LogP contribution < -0.4 is 10.2 Å². The Morgan fingerprint density at radius 1 is 1.36 bits per heavy atom. The van der Waals surface area contributed by atoms with Crippen LogP contribution in [0, 0.1) is 0 Å². The highest BCUT2D eigenvalue weighted by atomic mass is 32.2. The minimum atomic E-state index is -3.67. The Balaban J connectivity index is 1.67. The first kappa shape index (κ1) is 20.5. The van der Waals surface area contributed by atoms with E-state index in [2.05, 4.69) is 21.8 Å². The van der Waals surface area contributed by atoms with Crippen LogP contribution in [0.5, 0.6) is 0 Å². The second kappa shape index (κ2) is 8.82. The summed E-state index contributed by atoms with van der Waals surface area (Å²) >= 11 is 1.50. The summed E-state index contributed by atoms with van der Waals surface area (Å²) in [6, 6.07) is 6.01.